The average Bonchev–Trinajstić information content (AvgIpc) is 2.73. The van der Waals surface area contributed by atoms with Crippen molar-refractivity contribution in [1.29, 1.82) is 0 Å². The fourth-order valence-electron chi connectivity index (χ4n) is 2.48. The zero-order valence-corrected chi connectivity index (χ0v) is 17.5. The summed E-state index contributed by atoms with van der Waals surface area (Å²) in [6.45, 7) is 3.43. The minimum absolute atomic E-state index is 0.0231. The number of nitrogens with one attached hydrogen (secondary N) is 1. The van der Waals surface area contributed by atoms with Gasteiger partial charge in [-0.25, -0.2) is 17.7 Å². The molecular formula is C19H19F5NO5P. The molecule has 0 aliphatic heterocycles. The van der Waals surface area contributed by atoms with E-state index in [-0.39, 0.29) is 18.1 Å². The van der Waals surface area contributed by atoms with Crippen molar-refractivity contribution in [1.82, 2.24) is 5.09 Å². The monoisotopic (exact) mass is 467 g/mol. The van der Waals surface area contributed by atoms with Gasteiger partial charge in [0.25, 0.3) is 0 Å². The Morgan fingerprint density at radius 1 is 0.935 bits per heavy atom. The van der Waals surface area contributed by atoms with Crippen LogP contribution in [0.15, 0.2) is 30.3 Å². The van der Waals surface area contributed by atoms with Crippen molar-refractivity contribution in [3.63, 3.8) is 0 Å². The first-order chi connectivity index (χ1) is 14.5. The molecule has 0 bridgehead atoms. The molecule has 0 heterocycles. The highest BCUT2D eigenvalue weighted by Crippen LogP contribution is 2.48. The Kier molecular flexibility index (Phi) is 8.02. The zero-order chi connectivity index (χ0) is 23.3. The molecular weight excluding hydrogens is 448 g/mol. The third kappa shape index (κ3) is 5.95. The molecule has 0 aliphatic carbocycles. The van der Waals surface area contributed by atoms with Crippen LogP contribution >= 0.6 is 7.75 Å². The number of benzene rings is 2. The SMILES string of the molecule is COC(=O)[C@H](CC(C)C)NP(=O)(Oc1ccccc1)Oc1c(F)c(F)c(F)c(F)c1F. The number of carbonyl (C=O) groups excluding carboxylic acids is 1. The van der Waals surface area contributed by atoms with Crippen LogP contribution in [-0.2, 0) is 14.1 Å². The van der Waals surface area contributed by atoms with Crippen molar-refractivity contribution in [3.8, 4) is 11.5 Å². The molecule has 31 heavy (non-hydrogen) atoms. The molecule has 1 N–H and O–H groups in total. The number of hydrogen-bond acceptors (Lipinski definition) is 5. The predicted molar refractivity (Wildman–Crippen MR) is 99.9 cm³/mol. The molecule has 0 aliphatic rings. The molecule has 0 radical (unpaired) electrons. The van der Waals surface area contributed by atoms with Crippen LogP contribution in [-0.4, -0.2) is 19.1 Å². The van der Waals surface area contributed by atoms with Crippen LogP contribution in [0.2, 0.25) is 0 Å². The number of rotatable bonds is 9. The van der Waals surface area contributed by atoms with Crippen LogP contribution in [0.25, 0.3) is 0 Å². The first kappa shape index (κ1) is 24.6. The highest BCUT2D eigenvalue weighted by atomic mass is 31.2. The number of halogens is 5. The van der Waals surface area contributed by atoms with Gasteiger partial charge < -0.3 is 13.8 Å². The molecule has 0 saturated carbocycles. The summed E-state index contributed by atoms with van der Waals surface area (Å²) in [6, 6.07) is 5.75. The molecule has 1 unspecified atom stereocenters. The van der Waals surface area contributed by atoms with Gasteiger partial charge in [-0.1, -0.05) is 32.0 Å². The van der Waals surface area contributed by atoms with E-state index in [9.17, 15) is 31.3 Å². The highest BCUT2D eigenvalue weighted by Gasteiger charge is 2.39. The van der Waals surface area contributed by atoms with E-state index in [2.05, 4.69) is 9.82 Å². The third-order valence-corrected chi connectivity index (χ3v) is 5.36. The van der Waals surface area contributed by atoms with Gasteiger partial charge in [-0.15, -0.1) is 0 Å². The van der Waals surface area contributed by atoms with E-state index in [0.717, 1.165) is 7.11 Å². The number of para-hydroxylation sites is 1. The molecule has 0 fully saturated rings. The lowest BCUT2D eigenvalue weighted by atomic mass is 10.1. The van der Waals surface area contributed by atoms with E-state index in [0.29, 0.717) is 0 Å². The number of esters is 1. The van der Waals surface area contributed by atoms with E-state index in [1.165, 1.54) is 24.3 Å². The van der Waals surface area contributed by atoms with Crippen molar-refractivity contribution in [2.45, 2.75) is 26.3 Å². The molecule has 0 amide bonds. The van der Waals surface area contributed by atoms with E-state index in [4.69, 9.17) is 9.05 Å². The lowest BCUT2D eigenvalue weighted by Gasteiger charge is -2.25. The lowest BCUT2D eigenvalue weighted by molar-refractivity contribution is -0.143. The second-order valence-corrected chi connectivity index (χ2v) is 8.34. The first-order valence-corrected chi connectivity index (χ1v) is 10.4. The summed E-state index contributed by atoms with van der Waals surface area (Å²) >= 11 is 0. The minimum Gasteiger partial charge on any atom is -0.468 e. The lowest BCUT2D eigenvalue weighted by Crippen LogP contribution is -2.39. The van der Waals surface area contributed by atoms with Crippen LogP contribution in [0, 0.1) is 35.0 Å². The molecule has 2 aromatic rings. The number of carbonyl (C=O) groups is 1. The standard InChI is InChI=1S/C19H19F5NO5P/c1-10(2)9-12(19(26)28-3)25-31(27,29-11-7-5-4-6-8-11)30-18-16(23)14(21)13(20)15(22)17(18)24/h4-8,10,12H,9H2,1-3H3,(H,25,27)/t12-,31?/m0/s1. The van der Waals surface area contributed by atoms with Crippen molar-refractivity contribution in [2.24, 2.45) is 5.92 Å². The van der Waals surface area contributed by atoms with Crippen LogP contribution in [0.3, 0.4) is 0 Å². The maximum absolute atomic E-state index is 14.1. The van der Waals surface area contributed by atoms with Crippen LogP contribution in [0.1, 0.15) is 20.3 Å². The van der Waals surface area contributed by atoms with Crippen molar-refractivity contribution >= 4 is 13.7 Å². The molecule has 2 rings (SSSR count). The van der Waals surface area contributed by atoms with E-state index < -0.39 is 54.6 Å². The topological polar surface area (TPSA) is 73.9 Å². The van der Waals surface area contributed by atoms with Crippen molar-refractivity contribution in [2.75, 3.05) is 7.11 Å². The summed E-state index contributed by atoms with van der Waals surface area (Å²) in [5.74, 6) is -14.7. The highest BCUT2D eigenvalue weighted by molar-refractivity contribution is 7.52. The van der Waals surface area contributed by atoms with Gasteiger partial charge in [0.15, 0.2) is 0 Å². The Morgan fingerprint density at radius 3 is 1.94 bits per heavy atom. The molecule has 12 heteroatoms. The van der Waals surface area contributed by atoms with E-state index in [1.807, 2.05) is 0 Å². The fourth-order valence-corrected chi connectivity index (χ4v) is 4.02. The number of methoxy groups -OCH3 is 1. The number of ether oxygens (including phenoxy) is 1. The van der Waals surface area contributed by atoms with Crippen LogP contribution in [0.4, 0.5) is 22.0 Å². The van der Waals surface area contributed by atoms with Gasteiger partial charge in [0.1, 0.15) is 11.8 Å². The summed E-state index contributed by atoms with van der Waals surface area (Å²) in [5.41, 5.74) is 0. The van der Waals surface area contributed by atoms with Gasteiger partial charge >= 0.3 is 13.7 Å². The third-order valence-electron chi connectivity index (χ3n) is 3.86. The Balaban J connectivity index is 2.53. The van der Waals surface area contributed by atoms with Crippen LogP contribution < -0.4 is 14.1 Å². The second-order valence-electron chi connectivity index (χ2n) is 6.73. The second kappa shape index (κ2) is 10.1. The van der Waals surface area contributed by atoms with Gasteiger partial charge in [0, 0.05) is 0 Å². The van der Waals surface area contributed by atoms with Gasteiger partial charge in [0.2, 0.25) is 34.8 Å². The largest absolute Gasteiger partial charge is 0.513 e. The van der Waals surface area contributed by atoms with Crippen molar-refractivity contribution in [3.05, 3.63) is 59.4 Å². The number of hydrogen-bond donors (Lipinski definition) is 1. The van der Waals surface area contributed by atoms with Gasteiger partial charge in [0.05, 0.1) is 7.11 Å². The quantitative estimate of drug-likeness (QED) is 0.181. The summed E-state index contributed by atoms with van der Waals surface area (Å²) in [4.78, 5) is 12.1. The van der Waals surface area contributed by atoms with Gasteiger partial charge in [-0.3, -0.25) is 4.79 Å². The first-order valence-electron chi connectivity index (χ1n) is 8.90. The minimum atomic E-state index is -4.94. The van der Waals surface area contributed by atoms with Crippen LogP contribution in [0.5, 0.6) is 11.5 Å². The van der Waals surface area contributed by atoms with Gasteiger partial charge in [-0.05, 0) is 24.5 Å². The zero-order valence-electron chi connectivity index (χ0n) is 16.6. The summed E-state index contributed by atoms with van der Waals surface area (Å²) in [6.07, 6.45) is 0.0231. The average molecular weight is 467 g/mol. The van der Waals surface area contributed by atoms with Gasteiger partial charge in [-0.2, -0.15) is 13.9 Å². The summed E-state index contributed by atoms with van der Waals surface area (Å²) in [7, 11) is -3.89. The molecule has 0 spiro atoms. The maximum atomic E-state index is 14.1. The Hall–Kier alpha value is -2.65. The molecule has 2 atom stereocenters. The summed E-state index contributed by atoms with van der Waals surface area (Å²) in [5, 5.41) is 2.18. The Labute approximate surface area is 174 Å². The maximum Gasteiger partial charge on any atom is 0.513 e. The molecule has 170 valence electrons. The molecule has 0 aromatic heterocycles. The normalized spacial score (nSPS) is 14.1. The fraction of sp³-hybridized carbons (Fsp3) is 0.316. The van der Waals surface area contributed by atoms with E-state index in [1.54, 1.807) is 19.9 Å². The Bertz CT molecular complexity index is 960. The van der Waals surface area contributed by atoms with Crippen molar-refractivity contribution < 1.29 is 45.1 Å². The van der Waals surface area contributed by atoms with E-state index >= 15 is 0 Å². The summed E-state index contributed by atoms with van der Waals surface area (Å²) < 4.78 is 96.5. The molecule has 2 aromatic carbocycles. The Morgan fingerprint density at radius 2 is 1.45 bits per heavy atom. The smallest absolute Gasteiger partial charge is 0.468 e. The predicted octanol–water partition coefficient (Wildman–Crippen LogP) is 5.13. The molecule has 6 nitrogen and oxygen atoms in total. The molecule has 0 saturated heterocycles.